The maximum Gasteiger partial charge on any atom is 0.417 e. The number of nitrogens with zero attached hydrogens (tertiary/aromatic N) is 4. The van der Waals surface area contributed by atoms with Crippen LogP contribution in [0.1, 0.15) is 37.9 Å². The molecule has 1 atom stereocenters. The molecule has 172 valence electrons. The normalized spacial score (nSPS) is 22.8. The van der Waals surface area contributed by atoms with E-state index in [0.717, 1.165) is 25.1 Å². The van der Waals surface area contributed by atoms with Crippen LogP contribution < -0.4 is 20.9 Å². The highest BCUT2D eigenvalue weighted by Crippen LogP contribution is 2.35. The van der Waals surface area contributed by atoms with Crippen molar-refractivity contribution in [2.75, 3.05) is 27.9 Å². The highest BCUT2D eigenvalue weighted by atomic mass is 19.4. The first kappa shape index (κ1) is 22.1. The van der Waals surface area contributed by atoms with Gasteiger partial charge in [-0.25, -0.2) is 9.97 Å². The maximum absolute atomic E-state index is 12.7. The predicted octanol–water partition coefficient (Wildman–Crippen LogP) is 3.67. The summed E-state index contributed by atoms with van der Waals surface area (Å²) in [5.41, 5.74) is 0.543. The minimum absolute atomic E-state index is 0.0628. The highest BCUT2D eigenvalue weighted by molar-refractivity contribution is 6.03. The molecule has 1 saturated carbocycles. The number of carbonyl (C=O) groups excluding carboxylic acids is 1. The van der Waals surface area contributed by atoms with Gasteiger partial charge in [0.15, 0.2) is 5.82 Å². The molecule has 1 aliphatic heterocycles. The van der Waals surface area contributed by atoms with Crippen molar-refractivity contribution in [2.45, 2.75) is 57.9 Å². The third-order valence-electron chi connectivity index (χ3n) is 5.88. The lowest BCUT2D eigenvalue weighted by Crippen LogP contribution is -2.50. The number of nitrogens with one attached hydrogen (secondary N) is 3. The van der Waals surface area contributed by atoms with Gasteiger partial charge < -0.3 is 20.9 Å². The molecule has 11 heteroatoms. The van der Waals surface area contributed by atoms with Gasteiger partial charge in [-0.2, -0.15) is 18.2 Å². The van der Waals surface area contributed by atoms with Crippen LogP contribution in [0.2, 0.25) is 0 Å². The fourth-order valence-corrected chi connectivity index (χ4v) is 4.17. The van der Waals surface area contributed by atoms with E-state index < -0.39 is 11.7 Å². The smallest absolute Gasteiger partial charge is 0.367 e. The number of fused-ring (bicyclic) bond motifs is 1. The zero-order valence-electron chi connectivity index (χ0n) is 18.3. The minimum Gasteiger partial charge on any atom is -0.367 e. The van der Waals surface area contributed by atoms with Gasteiger partial charge in [-0.3, -0.25) is 4.79 Å². The van der Waals surface area contributed by atoms with E-state index in [9.17, 15) is 18.0 Å². The summed E-state index contributed by atoms with van der Waals surface area (Å²) in [5, 5.41) is 9.39. The molecule has 3 N–H and O–H groups in total. The summed E-state index contributed by atoms with van der Waals surface area (Å²) in [6.45, 7) is 5.81. The van der Waals surface area contributed by atoms with Gasteiger partial charge in [0.25, 0.3) is 0 Å². The first-order valence-corrected chi connectivity index (χ1v) is 10.5. The van der Waals surface area contributed by atoms with Gasteiger partial charge in [0, 0.05) is 25.3 Å². The molecule has 1 unspecified atom stereocenters. The van der Waals surface area contributed by atoms with E-state index in [1.54, 1.807) is 0 Å². The third-order valence-corrected chi connectivity index (χ3v) is 5.88. The van der Waals surface area contributed by atoms with Crippen LogP contribution in [-0.4, -0.2) is 46.0 Å². The fraction of sp³-hybridized carbons (Fsp3) is 0.524. The van der Waals surface area contributed by atoms with Crippen molar-refractivity contribution < 1.29 is 18.0 Å². The Balaban J connectivity index is 1.37. The zero-order valence-corrected chi connectivity index (χ0v) is 18.3. The predicted molar refractivity (Wildman–Crippen MR) is 116 cm³/mol. The number of carbonyl (C=O) groups is 1. The second-order valence-corrected chi connectivity index (χ2v) is 8.70. The van der Waals surface area contributed by atoms with Crippen LogP contribution in [0, 0.1) is 12.8 Å². The SMILES string of the molecule is Cc1nc(N[C@H]2C[C@@H](Nc3ccc(C(F)(F)F)cn3)C2)nc2c1NC(=O)C(C(C)C)N2C. The molecule has 2 aromatic rings. The molecule has 1 aliphatic carbocycles. The van der Waals surface area contributed by atoms with Gasteiger partial charge >= 0.3 is 6.18 Å². The average Bonchev–Trinajstić information content (AvgIpc) is 2.67. The van der Waals surface area contributed by atoms with E-state index >= 15 is 0 Å². The lowest BCUT2D eigenvalue weighted by atomic mass is 9.87. The molecule has 8 nitrogen and oxygen atoms in total. The molecular formula is C21H26F3N7O. The molecular weight excluding hydrogens is 423 g/mol. The Bertz CT molecular complexity index is 1000. The van der Waals surface area contributed by atoms with Crippen molar-refractivity contribution in [3.8, 4) is 0 Å². The Morgan fingerprint density at radius 1 is 1.16 bits per heavy atom. The topological polar surface area (TPSA) is 95.1 Å². The van der Waals surface area contributed by atoms with Gasteiger partial charge in [0.2, 0.25) is 11.9 Å². The molecule has 0 bridgehead atoms. The molecule has 0 radical (unpaired) electrons. The Kier molecular flexibility index (Phi) is 5.59. The molecule has 1 fully saturated rings. The summed E-state index contributed by atoms with van der Waals surface area (Å²) >= 11 is 0. The number of hydrogen-bond donors (Lipinski definition) is 3. The summed E-state index contributed by atoms with van der Waals surface area (Å²) in [7, 11) is 1.86. The number of aromatic nitrogens is 3. The fourth-order valence-electron chi connectivity index (χ4n) is 4.17. The summed E-state index contributed by atoms with van der Waals surface area (Å²) in [6, 6.07) is 2.28. The lowest BCUT2D eigenvalue weighted by molar-refractivity contribution is -0.137. The molecule has 0 aromatic carbocycles. The molecule has 0 saturated heterocycles. The number of alkyl halides is 3. The molecule has 4 rings (SSSR count). The molecule has 2 aromatic heterocycles. The number of aryl methyl sites for hydroxylation is 1. The number of halogens is 3. The Morgan fingerprint density at radius 2 is 1.84 bits per heavy atom. The summed E-state index contributed by atoms with van der Waals surface area (Å²) in [6.07, 6.45) is -2.05. The maximum atomic E-state index is 12.7. The first-order valence-electron chi connectivity index (χ1n) is 10.5. The van der Waals surface area contributed by atoms with Crippen molar-refractivity contribution in [1.29, 1.82) is 0 Å². The third kappa shape index (κ3) is 4.28. The van der Waals surface area contributed by atoms with Crippen LogP contribution in [0.3, 0.4) is 0 Å². The summed E-state index contributed by atoms with van der Waals surface area (Å²) < 4.78 is 38.0. The quantitative estimate of drug-likeness (QED) is 0.641. The number of anilines is 4. The number of hydrogen-bond acceptors (Lipinski definition) is 7. The van der Waals surface area contributed by atoms with Crippen molar-refractivity contribution in [3.63, 3.8) is 0 Å². The Labute approximate surface area is 184 Å². The molecule has 0 spiro atoms. The second-order valence-electron chi connectivity index (χ2n) is 8.70. The zero-order chi connectivity index (χ0) is 23.2. The van der Waals surface area contributed by atoms with Crippen molar-refractivity contribution >= 4 is 29.2 Å². The van der Waals surface area contributed by atoms with Crippen LogP contribution in [0.25, 0.3) is 0 Å². The Hall–Kier alpha value is -3.11. The van der Waals surface area contributed by atoms with E-state index in [4.69, 9.17) is 0 Å². The molecule has 32 heavy (non-hydrogen) atoms. The first-order chi connectivity index (χ1) is 15.0. The van der Waals surface area contributed by atoms with Gasteiger partial charge in [-0.1, -0.05) is 13.8 Å². The van der Waals surface area contributed by atoms with E-state index in [-0.39, 0.29) is 30.0 Å². The summed E-state index contributed by atoms with van der Waals surface area (Å²) in [4.78, 5) is 27.3. The van der Waals surface area contributed by atoms with Crippen molar-refractivity contribution in [2.24, 2.45) is 5.92 Å². The number of rotatable bonds is 5. The van der Waals surface area contributed by atoms with Crippen LogP contribution in [0.5, 0.6) is 0 Å². The highest BCUT2D eigenvalue weighted by Gasteiger charge is 2.36. The largest absolute Gasteiger partial charge is 0.417 e. The molecule has 1 amide bonds. The molecule has 3 heterocycles. The Morgan fingerprint density at radius 3 is 2.44 bits per heavy atom. The average molecular weight is 449 g/mol. The lowest BCUT2D eigenvalue weighted by Gasteiger charge is -2.38. The van der Waals surface area contributed by atoms with Crippen LogP contribution >= 0.6 is 0 Å². The van der Waals surface area contributed by atoms with Crippen molar-refractivity contribution in [3.05, 3.63) is 29.6 Å². The van der Waals surface area contributed by atoms with Crippen molar-refractivity contribution in [1.82, 2.24) is 15.0 Å². The number of likely N-dealkylation sites (N-methyl/N-ethyl adjacent to an activating group) is 1. The van der Waals surface area contributed by atoms with Crippen LogP contribution in [-0.2, 0) is 11.0 Å². The minimum atomic E-state index is -4.39. The van der Waals surface area contributed by atoms with E-state index in [2.05, 4.69) is 30.9 Å². The van der Waals surface area contributed by atoms with Crippen LogP contribution in [0.15, 0.2) is 18.3 Å². The van der Waals surface area contributed by atoms with Crippen LogP contribution in [0.4, 0.5) is 36.4 Å². The molecule has 2 aliphatic rings. The standard InChI is InChI=1S/C21H26F3N7O/c1-10(2)17-19(32)29-16-11(3)26-20(30-18(16)31(17)4)28-14-7-13(8-14)27-15-6-5-12(9-25-15)21(22,23)24/h5-6,9-10,13-14,17H,7-8H2,1-4H3,(H,25,27)(H,29,32)(H,26,28,30)/t13-,14+,17?. The van der Waals surface area contributed by atoms with Gasteiger partial charge in [-0.05, 0) is 37.8 Å². The van der Waals surface area contributed by atoms with E-state index in [0.29, 0.717) is 29.0 Å². The summed E-state index contributed by atoms with van der Waals surface area (Å²) in [5.74, 6) is 1.65. The second kappa shape index (κ2) is 8.10. The number of amides is 1. The van der Waals surface area contributed by atoms with E-state index in [1.165, 1.54) is 6.07 Å². The van der Waals surface area contributed by atoms with Gasteiger partial charge in [0.05, 0.1) is 11.3 Å². The monoisotopic (exact) mass is 449 g/mol. The van der Waals surface area contributed by atoms with Gasteiger partial charge in [0.1, 0.15) is 17.5 Å². The van der Waals surface area contributed by atoms with Gasteiger partial charge in [-0.15, -0.1) is 0 Å². The van der Waals surface area contributed by atoms with E-state index in [1.807, 2.05) is 32.7 Å². The number of pyridine rings is 1.